The van der Waals surface area contributed by atoms with Crippen molar-refractivity contribution in [2.75, 3.05) is 0 Å². The highest BCUT2D eigenvalue weighted by Crippen LogP contribution is 2.24. The van der Waals surface area contributed by atoms with Crippen LogP contribution in [0, 0.1) is 0 Å². The summed E-state index contributed by atoms with van der Waals surface area (Å²) < 4.78 is 2.80. The fourth-order valence-electron chi connectivity index (χ4n) is 1.73. The van der Waals surface area contributed by atoms with Crippen molar-refractivity contribution in [1.82, 2.24) is 9.78 Å². The number of benzene rings is 1. The first-order valence-corrected chi connectivity index (χ1v) is 6.32. The first-order valence-electron chi connectivity index (χ1n) is 5.53. The van der Waals surface area contributed by atoms with E-state index in [1.54, 1.807) is 6.20 Å². The summed E-state index contributed by atoms with van der Waals surface area (Å²) in [7, 11) is 0. The van der Waals surface area contributed by atoms with Crippen LogP contribution in [0.2, 0.25) is 0 Å². The molecular weight excluding hydrogens is 280 g/mol. The summed E-state index contributed by atoms with van der Waals surface area (Å²) in [6.45, 7) is 2.91. The van der Waals surface area contributed by atoms with Crippen molar-refractivity contribution in [3.8, 4) is 11.3 Å². The van der Waals surface area contributed by atoms with Gasteiger partial charge in [0, 0.05) is 22.8 Å². The first-order chi connectivity index (χ1) is 8.24. The van der Waals surface area contributed by atoms with Gasteiger partial charge in [0.05, 0.1) is 5.56 Å². The van der Waals surface area contributed by atoms with E-state index >= 15 is 0 Å². The van der Waals surface area contributed by atoms with E-state index in [4.69, 9.17) is 0 Å². The Morgan fingerprint density at radius 2 is 2.29 bits per heavy atom. The molecule has 0 fully saturated rings. The molecule has 0 atom stereocenters. The zero-order valence-corrected chi connectivity index (χ0v) is 11.1. The Balaban J connectivity index is 2.46. The largest absolute Gasteiger partial charge is 0.298 e. The lowest BCUT2D eigenvalue weighted by Gasteiger charge is -1.99. The SMILES string of the molecule is CCCn1cc(C=O)c(-c2cccc(Br)c2)n1. The second-order valence-electron chi connectivity index (χ2n) is 3.82. The van der Waals surface area contributed by atoms with Crippen LogP contribution in [-0.4, -0.2) is 16.1 Å². The number of halogens is 1. The Morgan fingerprint density at radius 3 is 2.94 bits per heavy atom. The van der Waals surface area contributed by atoms with Gasteiger partial charge in [0.1, 0.15) is 5.69 Å². The molecule has 0 saturated carbocycles. The second-order valence-corrected chi connectivity index (χ2v) is 4.74. The van der Waals surface area contributed by atoms with E-state index in [1.165, 1.54) is 0 Å². The minimum Gasteiger partial charge on any atom is -0.298 e. The molecule has 2 rings (SSSR count). The lowest BCUT2D eigenvalue weighted by molar-refractivity contribution is 0.112. The normalized spacial score (nSPS) is 10.5. The molecule has 0 aliphatic rings. The Bertz CT molecular complexity index is 534. The lowest BCUT2D eigenvalue weighted by atomic mass is 10.1. The predicted molar refractivity (Wildman–Crippen MR) is 71.0 cm³/mol. The maximum atomic E-state index is 11.0. The third-order valence-electron chi connectivity index (χ3n) is 2.47. The molecule has 4 heteroatoms. The van der Waals surface area contributed by atoms with Crippen LogP contribution >= 0.6 is 15.9 Å². The molecular formula is C13H13BrN2O. The number of carbonyl (C=O) groups is 1. The Labute approximate surface area is 109 Å². The monoisotopic (exact) mass is 292 g/mol. The van der Waals surface area contributed by atoms with Gasteiger partial charge in [-0.1, -0.05) is 35.0 Å². The van der Waals surface area contributed by atoms with E-state index in [9.17, 15) is 4.79 Å². The minimum absolute atomic E-state index is 0.636. The fraction of sp³-hybridized carbons (Fsp3) is 0.231. The second kappa shape index (κ2) is 5.27. The molecule has 2 aromatic rings. The molecule has 0 N–H and O–H groups in total. The fourth-order valence-corrected chi connectivity index (χ4v) is 2.13. The molecule has 0 amide bonds. The van der Waals surface area contributed by atoms with Crippen LogP contribution < -0.4 is 0 Å². The standard InChI is InChI=1S/C13H13BrN2O/c1-2-6-16-8-11(9-17)13(15-16)10-4-3-5-12(14)7-10/h3-5,7-9H,2,6H2,1H3. The van der Waals surface area contributed by atoms with Crippen molar-refractivity contribution >= 4 is 22.2 Å². The average molecular weight is 293 g/mol. The van der Waals surface area contributed by atoms with Crippen molar-refractivity contribution in [2.45, 2.75) is 19.9 Å². The van der Waals surface area contributed by atoms with Crippen LogP contribution in [0.25, 0.3) is 11.3 Å². The Kier molecular flexibility index (Phi) is 3.74. The zero-order valence-electron chi connectivity index (χ0n) is 9.56. The van der Waals surface area contributed by atoms with Crippen LogP contribution in [0.4, 0.5) is 0 Å². The number of aryl methyl sites for hydroxylation is 1. The number of hydrogen-bond donors (Lipinski definition) is 0. The van der Waals surface area contributed by atoms with Crippen molar-refractivity contribution in [3.05, 3.63) is 40.5 Å². The van der Waals surface area contributed by atoms with Gasteiger partial charge >= 0.3 is 0 Å². The highest BCUT2D eigenvalue weighted by molar-refractivity contribution is 9.10. The summed E-state index contributed by atoms with van der Waals surface area (Å²) in [5.74, 6) is 0. The molecule has 88 valence electrons. The number of nitrogens with zero attached hydrogens (tertiary/aromatic N) is 2. The molecule has 0 aliphatic heterocycles. The molecule has 0 aliphatic carbocycles. The van der Waals surface area contributed by atoms with Gasteiger partial charge in [-0.25, -0.2) is 0 Å². The summed E-state index contributed by atoms with van der Waals surface area (Å²) in [6, 6.07) is 7.81. The molecule has 0 bridgehead atoms. The molecule has 0 spiro atoms. The van der Waals surface area contributed by atoms with E-state index in [1.807, 2.05) is 28.9 Å². The van der Waals surface area contributed by atoms with E-state index in [2.05, 4.69) is 28.0 Å². The molecule has 17 heavy (non-hydrogen) atoms. The third kappa shape index (κ3) is 2.64. The maximum Gasteiger partial charge on any atom is 0.153 e. The first kappa shape index (κ1) is 12.0. The smallest absolute Gasteiger partial charge is 0.153 e. The third-order valence-corrected chi connectivity index (χ3v) is 2.96. The average Bonchev–Trinajstić information content (AvgIpc) is 2.73. The van der Waals surface area contributed by atoms with Gasteiger partial charge in [0.15, 0.2) is 6.29 Å². The van der Waals surface area contributed by atoms with Crippen LogP contribution in [0.15, 0.2) is 34.9 Å². The summed E-state index contributed by atoms with van der Waals surface area (Å²) in [4.78, 5) is 11.0. The van der Waals surface area contributed by atoms with E-state index in [0.29, 0.717) is 5.56 Å². The van der Waals surface area contributed by atoms with Crippen LogP contribution in [0.1, 0.15) is 23.7 Å². The van der Waals surface area contributed by atoms with Crippen LogP contribution in [-0.2, 0) is 6.54 Å². The number of carbonyl (C=O) groups excluding carboxylic acids is 1. The molecule has 0 unspecified atom stereocenters. The van der Waals surface area contributed by atoms with E-state index in [-0.39, 0.29) is 0 Å². The lowest BCUT2D eigenvalue weighted by Crippen LogP contribution is -1.96. The van der Waals surface area contributed by atoms with Gasteiger partial charge in [-0.2, -0.15) is 5.10 Å². The van der Waals surface area contributed by atoms with Gasteiger partial charge in [0.2, 0.25) is 0 Å². The van der Waals surface area contributed by atoms with Crippen molar-refractivity contribution in [3.63, 3.8) is 0 Å². The molecule has 0 radical (unpaired) electrons. The Hall–Kier alpha value is -1.42. The van der Waals surface area contributed by atoms with Gasteiger partial charge in [-0.15, -0.1) is 0 Å². The molecule has 0 saturated heterocycles. The van der Waals surface area contributed by atoms with Gasteiger partial charge < -0.3 is 0 Å². The topological polar surface area (TPSA) is 34.9 Å². The van der Waals surface area contributed by atoms with Gasteiger partial charge in [-0.3, -0.25) is 9.48 Å². The van der Waals surface area contributed by atoms with Gasteiger partial charge in [-0.05, 0) is 18.6 Å². The molecule has 1 heterocycles. The number of aldehydes is 1. The van der Waals surface area contributed by atoms with E-state index < -0.39 is 0 Å². The zero-order chi connectivity index (χ0) is 12.3. The molecule has 3 nitrogen and oxygen atoms in total. The summed E-state index contributed by atoms with van der Waals surface area (Å²) in [5, 5.41) is 4.45. The van der Waals surface area contributed by atoms with Crippen molar-refractivity contribution in [1.29, 1.82) is 0 Å². The molecule has 1 aromatic carbocycles. The summed E-state index contributed by atoms with van der Waals surface area (Å²) >= 11 is 3.42. The summed E-state index contributed by atoms with van der Waals surface area (Å²) in [6.07, 6.45) is 3.65. The quantitative estimate of drug-likeness (QED) is 0.808. The van der Waals surface area contributed by atoms with Crippen LogP contribution in [0.5, 0.6) is 0 Å². The number of aromatic nitrogens is 2. The van der Waals surface area contributed by atoms with Gasteiger partial charge in [0.25, 0.3) is 0 Å². The highest BCUT2D eigenvalue weighted by atomic mass is 79.9. The number of hydrogen-bond acceptors (Lipinski definition) is 2. The predicted octanol–water partition coefficient (Wildman–Crippen LogP) is 3.54. The van der Waals surface area contributed by atoms with Crippen LogP contribution in [0.3, 0.4) is 0 Å². The Morgan fingerprint density at radius 1 is 1.47 bits per heavy atom. The minimum atomic E-state index is 0.636. The number of rotatable bonds is 4. The maximum absolute atomic E-state index is 11.0. The summed E-state index contributed by atoms with van der Waals surface area (Å²) in [5.41, 5.74) is 2.34. The van der Waals surface area contributed by atoms with Crippen molar-refractivity contribution in [2.24, 2.45) is 0 Å². The molecule has 1 aromatic heterocycles. The highest BCUT2D eigenvalue weighted by Gasteiger charge is 2.10. The van der Waals surface area contributed by atoms with E-state index in [0.717, 1.165) is 35.0 Å². The van der Waals surface area contributed by atoms with Crippen molar-refractivity contribution < 1.29 is 4.79 Å².